The van der Waals surface area contributed by atoms with Crippen LogP contribution in [0.2, 0.25) is 0 Å². The van der Waals surface area contributed by atoms with Crippen LogP contribution in [0.15, 0.2) is 72.3 Å². The molecular formula is C22H23NO2. The molecule has 1 saturated heterocycles. The Labute approximate surface area is 148 Å². The second kappa shape index (κ2) is 7.14. The van der Waals surface area contributed by atoms with Gasteiger partial charge in [0.1, 0.15) is 6.61 Å². The second-order valence-electron chi connectivity index (χ2n) is 7.06. The fourth-order valence-electron chi connectivity index (χ4n) is 3.96. The van der Waals surface area contributed by atoms with Gasteiger partial charge in [0.15, 0.2) is 0 Å². The minimum atomic E-state index is -0.184. The number of nitrogens with zero attached hydrogens (tertiary/aromatic N) is 1. The van der Waals surface area contributed by atoms with Crippen LogP contribution >= 0.6 is 0 Å². The standard InChI is InChI=1S/C22H23NO2/c24-22(25-16-18-9-5-2-6-10-18)23-14-20-12-19(13-21(20)15-23)11-17-7-3-1-4-8-17/h1-10,12,20-21H,11,13-16H2/t20-,21+/m0/s1. The smallest absolute Gasteiger partial charge is 0.410 e. The lowest BCUT2D eigenvalue weighted by Gasteiger charge is -2.17. The van der Waals surface area contributed by atoms with E-state index in [1.807, 2.05) is 35.2 Å². The van der Waals surface area contributed by atoms with Gasteiger partial charge in [-0.15, -0.1) is 0 Å². The maximum atomic E-state index is 12.3. The van der Waals surface area contributed by atoms with Gasteiger partial charge in [0, 0.05) is 13.1 Å². The summed E-state index contributed by atoms with van der Waals surface area (Å²) in [5, 5.41) is 0. The van der Waals surface area contributed by atoms with Crippen molar-refractivity contribution in [3.63, 3.8) is 0 Å². The van der Waals surface area contributed by atoms with Gasteiger partial charge in [-0.25, -0.2) is 4.79 Å². The zero-order chi connectivity index (χ0) is 17.1. The molecule has 1 aliphatic carbocycles. The molecular weight excluding hydrogens is 310 g/mol. The van der Waals surface area contributed by atoms with Crippen molar-refractivity contribution in [3.05, 3.63) is 83.4 Å². The van der Waals surface area contributed by atoms with Gasteiger partial charge >= 0.3 is 6.09 Å². The lowest BCUT2D eigenvalue weighted by Crippen LogP contribution is -2.30. The number of hydrogen-bond acceptors (Lipinski definition) is 2. The summed E-state index contributed by atoms with van der Waals surface area (Å²) in [6.45, 7) is 1.95. The van der Waals surface area contributed by atoms with Crippen LogP contribution in [0.3, 0.4) is 0 Å². The van der Waals surface area contributed by atoms with Gasteiger partial charge in [-0.3, -0.25) is 0 Å². The summed E-state index contributed by atoms with van der Waals surface area (Å²) >= 11 is 0. The summed E-state index contributed by atoms with van der Waals surface area (Å²) in [6, 6.07) is 20.4. The molecule has 25 heavy (non-hydrogen) atoms. The van der Waals surface area contributed by atoms with Gasteiger partial charge in [-0.05, 0) is 35.8 Å². The molecule has 3 nitrogen and oxygen atoms in total. The predicted molar refractivity (Wildman–Crippen MR) is 98.0 cm³/mol. The zero-order valence-electron chi connectivity index (χ0n) is 14.3. The van der Waals surface area contributed by atoms with E-state index >= 15 is 0 Å². The number of allylic oxidation sites excluding steroid dienone is 1. The highest BCUT2D eigenvalue weighted by atomic mass is 16.6. The normalized spacial score (nSPS) is 21.8. The number of rotatable bonds is 4. The van der Waals surface area contributed by atoms with E-state index in [-0.39, 0.29) is 6.09 Å². The van der Waals surface area contributed by atoms with E-state index in [2.05, 4.69) is 36.4 Å². The summed E-state index contributed by atoms with van der Waals surface area (Å²) in [7, 11) is 0. The average Bonchev–Trinajstić information content (AvgIpc) is 3.20. The Morgan fingerprint density at radius 1 is 0.960 bits per heavy atom. The number of amides is 1. The van der Waals surface area contributed by atoms with Gasteiger partial charge in [0.25, 0.3) is 0 Å². The van der Waals surface area contributed by atoms with Gasteiger partial charge in [0.2, 0.25) is 0 Å². The van der Waals surface area contributed by atoms with Crippen molar-refractivity contribution < 1.29 is 9.53 Å². The average molecular weight is 333 g/mol. The van der Waals surface area contributed by atoms with Gasteiger partial charge in [0.05, 0.1) is 0 Å². The van der Waals surface area contributed by atoms with Crippen LogP contribution in [0.1, 0.15) is 17.5 Å². The Kier molecular flexibility index (Phi) is 4.55. The number of carbonyl (C=O) groups excluding carboxylic acids is 1. The maximum Gasteiger partial charge on any atom is 0.410 e. The predicted octanol–water partition coefficient (Wildman–Crippen LogP) is 4.44. The minimum Gasteiger partial charge on any atom is -0.445 e. The highest BCUT2D eigenvalue weighted by Gasteiger charge is 2.38. The van der Waals surface area contributed by atoms with E-state index in [9.17, 15) is 4.79 Å². The lowest BCUT2D eigenvalue weighted by atomic mass is 9.98. The third-order valence-corrected chi connectivity index (χ3v) is 5.20. The molecule has 2 aliphatic rings. The first kappa shape index (κ1) is 15.9. The molecule has 1 amide bonds. The quantitative estimate of drug-likeness (QED) is 0.774. The number of benzene rings is 2. The maximum absolute atomic E-state index is 12.3. The van der Waals surface area contributed by atoms with E-state index in [0.29, 0.717) is 18.4 Å². The summed E-state index contributed by atoms with van der Waals surface area (Å²) in [5.74, 6) is 1.05. The van der Waals surface area contributed by atoms with Crippen LogP contribution in [-0.4, -0.2) is 24.1 Å². The van der Waals surface area contributed by atoms with Crippen LogP contribution in [0.5, 0.6) is 0 Å². The molecule has 1 fully saturated rings. The molecule has 0 spiro atoms. The molecule has 2 atom stereocenters. The van der Waals surface area contributed by atoms with Crippen molar-refractivity contribution in [2.45, 2.75) is 19.4 Å². The molecule has 128 valence electrons. The molecule has 0 radical (unpaired) electrons. The van der Waals surface area contributed by atoms with E-state index in [4.69, 9.17) is 4.74 Å². The van der Waals surface area contributed by atoms with Gasteiger partial charge < -0.3 is 9.64 Å². The van der Waals surface area contributed by atoms with E-state index in [1.54, 1.807) is 0 Å². The highest BCUT2D eigenvalue weighted by Crippen LogP contribution is 2.38. The van der Waals surface area contributed by atoms with Crippen molar-refractivity contribution >= 4 is 6.09 Å². The molecule has 3 heteroatoms. The molecule has 0 aromatic heterocycles. The summed E-state index contributed by atoms with van der Waals surface area (Å²) < 4.78 is 5.47. The molecule has 4 rings (SSSR count). The van der Waals surface area contributed by atoms with Crippen molar-refractivity contribution in [3.8, 4) is 0 Å². The fraction of sp³-hybridized carbons (Fsp3) is 0.318. The zero-order valence-corrected chi connectivity index (χ0v) is 14.3. The molecule has 2 aromatic rings. The monoisotopic (exact) mass is 333 g/mol. The molecule has 0 saturated carbocycles. The van der Waals surface area contributed by atoms with Crippen LogP contribution in [0.25, 0.3) is 0 Å². The van der Waals surface area contributed by atoms with Crippen molar-refractivity contribution in [2.24, 2.45) is 11.8 Å². The Morgan fingerprint density at radius 3 is 2.32 bits per heavy atom. The topological polar surface area (TPSA) is 29.5 Å². The van der Waals surface area contributed by atoms with Crippen LogP contribution in [0, 0.1) is 11.8 Å². The SMILES string of the molecule is O=C(OCc1ccccc1)N1C[C@H]2CC(Cc3ccccc3)=C[C@H]2C1. The van der Waals surface area contributed by atoms with Gasteiger partial charge in [-0.2, -0.15) is 0 Å². The van der Waals surface area contributed by atoms with E-state index in [1.165, 1.54) is 11.1 Å². The lowest BCUT2D eigenvalue weighted by molar-refractivity contribution is 0.102. The number of fused-ring (bicyclic) bond motifs is 1. The summed E-state index contributed by atoms with van der Waals surface area (Å²) in [6.07, 6.45) is 4.34. The third-order valence-electron chi connectivity index (χ3n) is 5.20. The van der Waals surface area contributed by atoms with E-state index in [0.717, 1.165) is 31.5 Å². The number of carbonyl (C=O) groups is 1. The Morgan fingerprint density at radius 2 is 1.64 bits per heavy atom. The minimum absolute atomic E-state index is 0.184. The first-order chi connectivity index (χ1) is 12.3. The van der Waals surface area contributed by atoms with Crippen molar-refractivity contribution in [2.75, 3.05) is 13.1 Å². The summed E-state index contributed by atoms with van der Waals surface area (Å²) in [5.41, 5.74) is 3.91. The van der Waals surface area contributed by atoms with E-state index < -0.39 is 0 Å². The van der Waals surface area contributed by atoms with Crippen LogP contribution < -0.4 is 0 Å². The molecule has 0 N–H and O–H groups in total. The molecule has 0 unspecified atom stereocenters. The van der Waals surface area contributed by atoms with Crippen LogP contribution in [0.4, 0.5) is 4.79 Å². The molecule has 0 bridgehead atoms. The number of ether oxygens (including phenoxy) is 1. The third kappa shape index (κ3) is 3.76. The Bertz CT molecular complexity index is 754. The van der Waals surface area contributed by atoms with Crippen LogP contribution in [-0.2, 0) is 17.8 Å². The Hall–Kier alpha value is -2.55. The first-order valence-corrected chi connectivity index (χ1v) is 8.97. The van der Waals surface area contributed by atoms with Crippen molar-refractivity contribution in [1.82, 2.24) is 4.90 Å². The largest absolute Gasteiger partial charge is 0.445 e. The highest BCUT2D eigenvalue weighted by molar-refractivity contribution is 5.68. The summed E-state index contributed by atoms with van der Waals surface area (Å²) in [4.78, 5) is 14.2. The molecule has 1 aliphatic heterocycles. The molecule has 1 heterocycles. The van der Waals surface area contributed by atoms with Gasteiger partial charge in [-0.1, -0.05) is 72.3 Å². The molecule has 2 aromatic carbocycles. The number of hydrogen-bond donors (Lipinski definition) is 0. The number of likely N-dealkylation sites (tertiary alicyclic amines) is 1. The second-order valence-corrected chi connectivity index (χ2v) is 7.06. The fourth-order valence-corrected chi connectivity index (χ4v) is 3.96. The first-order valence-electron chi connectivity index (χ1n) is 8.97. The van der Waals surface area contributed by atoms with Crippen molar-refractivity contribution in [1.29, 1.82) is 0 Å². The Balaban J connectivity index is 1.30.